The highest BCUT2D eigenvalue weighted by atomic mass is 15.3. The average molecular weight is 191 g/mol. The predicted octanol–water partition coefficient (Wildman–Crippen LogP) is 0.500. The Morgan fingerprint density at radius 1 is 1.57 bits per heavy atom. The van der Waals surface area contributed by atoms with Crippen LogP contribution in [0, 0.1) is 6.92 Å². The molecule has 0 aromatic carbocycles. The maximum Gasteiger partial charge on any atom is 0.127 e. The van der Waals surface area contributed by atoms with Gasteiger partial charge < -0.3 is 10.7 Å². The van der Waals surface area contributed by atoms with Crippen molar-refractivity contribution < 1.29 is 0 Å². The molecule has 0 spiro atoms. The Hall–Kier alpha value is -1.62. The first kappa shape index (κ1) is 8.96. The zero-order chi connectivity index (χ0) is 10.1. The molecule has 2 aromatic heterocycles. The Bertz CT molecular complexity index is 414. The van der Waals surface area contributed by atoms with Gasteiger partial charge in [0.05, 0.1) is 11.7 Å². The van der Waals surface area contributed by atoms with E-state index in [0.29, 0.717) is 0 Å². The zero-order valence-electron chi connectivity index (χ0n) is 8.23. The van der Waals surface area contributed by atoms with Crippen molar-refractivity contribution in [2.45, 2.75) is 13.0 Å². The van der Waals surface area contributed by atoms with Crippen LogP contribution in [-0.4, -0.2) is 19.7 Å². The van der Waals surface area contributed by atoms with Crippen LogP contribution in [0.25, 0.3) is 0 Å². The van der Waals surface area contributed by atoms with Gasteiger partial charge in [0, 0.05) is 31.2 Å². The molecule has 0 saturated heterocycles. The summed E-state index contributed by atoms with van der Waals surface area (Å²) in [5, 5.41) is 4.24. The van der Waals surface area contributed by atoms with E-state index in [4.69, 9.17) is 5.73 Å². The van der Waals surface area contributed by atoms with Crippen LogP contribution >= 0.6 is 0 Å². The molecular formula is C9H13N5. The van der Waals surface area contributed by atoms with Gasteiger partial charge in [-0.15, -0.1) is 0 Å². The van der Waals surface area contributed by atoms with Crippen molar-refractivity contribution in [3.05, 3.63) is 35.7 Å². The van der Waals surface area contributed by atoms with Crippen LogP contribution in [0.15, 0.2) is 18.6 Å². The van der Waals surface area contributed by atoms with Crippen molar-refractivity contribution in [1.29, 1.82) is 0 Å². The van der Waals surface area contributed by atoms with E-state index in [1.165, 1.54) is 0 Å². The van der Waals surface area contributed by atoms with Gasteiger partial charge in [0.1, 0.15) is 5.82 Å². The SMILES string of the molecule is Cc1nn(C)cc1C(N)c1ncc[nH]1. The van der Waals surface area contributed by atoms with Gasteiger partial charge in [-0.05, 0) is 6.92 Å². The lowest BCUT2D eigenvalue weighted by Crippen LogP contribution is -2.13. The maximum absolute atomic E-state index is 6.03. The first-order valence-corrected chi connectivity index (χ1v) is 4.43. The molecule has 0 aliphatic rings. The van der Waals surface area contributed by atoms with Gasteiger partial charge >= 0.3 is 0 Å². The minimum Gasteiger partial charge on any atom is -0.347 e. The van der Waals surface area contributed by atoms with Crippen LogP contribution in [0.2, 0.25) is 0 Å². The Labute approximate surface area is 82.0 Å². The summed E-state index contributed by atoms with van der Waals surface area (Å²) in [4.78, 5) is 7.12. The Kier molecular flexibility index (Phi) is 2.09. The quantitative estimate of drug-likeness (QED) is 0.726. The lowest BCUT2D eigenvalue weighted by atomic mass is 10.1. The highest BCUT2D eigenvalue weighted by molar-refractivity contribution is 5.25. The van der Waals surface area contributed by atoms with Gasteiger partial charge in [-0.2, -0.15) is 5.10 Å². The largest absolute Gasteiger partial charge is 0.347 e. The van der Waals surface area contributed by atoms with Crippen LogP contribution < -0.4 is 5.73 Å². The smallest absolute Gasteiger partial charge is 0.127 e. The number of hydrogen-bond acceptors (Lipinski definition) is 3. The van der Waals surface area contributed by atoms with Gasteiger partial charge in [-0.1, -0.05) is 0 Å². The second kappa shape index (κ2) is 3.26. The molecule has 1 atom stereocenters. The Morgan fingerprint density at radius 2 is 2.36 bits per heavy atom. The molecule has 0 aliphatic carbocycles. The molecule has 0 radical (unpaired) electrons. The molecule has 2 rings (SSSR count). The van der Waals surface area contributed by atoms with E-state index in [9.17, 15) is 0 Å². The number of aromatic amines is 1. The molecule has 2 aromatic rings. The summed E-state index contributed by atoms with van der Waals surface area (Å²) < 4.78 is 1.76. The lowest BCUT2D eigenvalue weighted by Gasteiger charge is -2.06. The standard InChI is InChI=1S/C9H13N5/c1-6-7(5-14(2)13-6)8(10)9-11-3-4-12-9/h3-5,8H,10H2,1-2H3,(H,11,12). The molecule has 5 heteroatoms. The van der Waals surface area contributed by atoms with Crippen LogP contribution in [-0.2, 0) is 7.05 Å². The minimum atomic E-state index is -0.223. The number of aromatic nitrogens is 4. The van der Waals surface area contributed by atoms with Crippen LogP contribution in [0.3, 0.4) is 0 Å². The van der Waals surface area contributed by atoms with Crippen molar-refractivity contribution >= 4 is 0 Å². The Balaban J connectivity index is 2.36. The van der Waals surface area contributed by atoms with E-state index in [1.807, 2.05) is 20.2 Å². The van der Waals surface area contributed by atoms with Crippen molar-refractivity contribution in [2.24, 2.45) is 12.8 Å². The molecule has 0 bridgehead atoms. The highest BCUT2D eigenvalue weighted by Crippen LogP contribution is 2.18. The van der Waals surface area contributed by atoms with Crippen LogP contribution in [0.4, 0.5) is 0 Å². The van der Waals surface area contributed by atoms with Crippen molar-refractivity contribution in [1.82, 2.24) is 19.7 Å². The average Bonchev–Trinajstić information content (AvgIpc) is 2.73. The fourth-order valence-electron chi connectivity index (χ4n) is 1.52. The number of hydrogen-bond donors (Lipinski definition) is 2. The normalized spacial score (nSPS) is 13.1. The molecule has 0 aliphatic heterocycles. The van der Waals surface area contributed by atoms with Gasteiger partial charge in [-0.25, -0.2) is 4.98 Å². The fraction of sp³-hybridized carbons (Fsp3) is 0.333. The van der Waals surface area contributed by atoms with Gasteiger partial charge in [0.2, 0.25) is 0 Å². The first-order valence-electron chi connectivity index (χ1n) is 4.43. The molecule has 0 saturated carbocycles. The molecule has 3 N–H and O–H groups in total. The number of imidazole rings is 1. The molecule has 14 heavy (non-hydrogen) atoms. The minimum absolute atomic E-state index is 0.223. The highest BCUT2D eigenvalue weighted by Gasteiger charge is 2.15. The van der Waals surface area contributed by atoms with Crippen molar-refractivity contribution in [3.8, 4) is 0 Å². The second-order valence-corrected chi connectivity index (χ2v) is 3.30. The monoisotopic (exact) mass is 191 g/mol. The topological polar surface area (TPSA) is 72.5 Å². The van der Waals surface area contributed by atoms with Gasteiger partial charge in [-0.3, -0.25) is 4.68 Å². The van der Waals surface area contributed by atoms with Gasteiger partial charge in [0.15, 0.2) is 0 Å². The number of rotatable bonds is 2. The van der Waals surface area contributed by atoms with Crippen molar-refractivity contribution in [3.63, 3.8) is 0 Å². The fourth-order valence-corrected chi connectivity index (χ4v) is 1.52. The van der Waals surface area contributed by atoms with Crippen LogP contribution in [0.5, 0.6) is 0 Å². The third-order valence-electron chi connectivity index (χ3n) is 2.20. The van der Waals surface area contributed by atoms with E-state index in [2.05, 4.69) is 15.1 Å². The summed E-state index contributed by atoms with van der Waals surface area (Å²) in [6.07, 6.45) is 5.38. The molecule has 0 fully saturated rings. The number of nitrogens with zero attached hydrogens (tertiary/aromatic N) is 3. The molecule has 74 valence electrons. The summed E-state index contributed by atoms with van der Waals surface area (Å²) in [6, 6.07) is -0.223. The number of aryl methyl sites for hydroxylation is 2. The molecular weight excluding hydrogens is 178 g/mol. The van der Waals surface area contributed by atoms with E-state index in [1.54, 1.807) is 17.1 Å². The second-order valence-electron chi connectivity index (χ2n) is 3.30. The van der Waals surface area contributed by atoms with E-state index >= 15 is 0 Å². The summed E-state index contributed by atoms with van der Waals surface area (Å²) >= 11 is 0. The number of H-pyrrole nitrogens is 1. The molecule has 0 amide bonds. The molecule has 1 unspecified atom stereocenters. The zero-order valence-corrected chi connectivity index (χ0v) is 8.23. The Morgan fingerprint density at radius 3 is 2.86 bits per heavy atom. The van der Waals surface area contributed by atoms with Gasteiger partial charge in [0.25, 0.3) is 0 Å². The number of nitrogens with one attached hydrogen (secondary N) is 1. The lowest BCUT2D eigenvalue weighted by molar-refractivity contribution is 0.755. The summed E-state index contributed by atoms with van der Waals surface area (Å²) in [6.45, 7) is 1.94. The predicted molar refractivity (Wildman–Crippen MR) is 52.6 cm³/mol. The molecule has 2 heterocycles. The summed E-state index contributed by atoms with van der Waals surface area (Å²) in [5.41, 5.74) is 7.97. The third kappa shape index (κ3) is 1.42. The van der Waals surface area contributed by atoms with E-state index < -0.39 is 0 Å². The van der Waals surface area contributed by atoms with E-state index in [0.717, 1.165) is 17.1 Å². The van der Waals surface area contributed by atoms with E-state index in [-0.39, 0.29) is 6.04 Å². The maximum atomic E-state index is 6.03. The summed E-state index contributed by atoms with van der Waals surface area (Å²) in [7, 11) is 1.88. The number of nitrogens with two attached hydrogens (primary N) is 1. The summed E-state index contributed by atoms with van der Waals surface area (Å²) in [5.74, 6) is 0.765. The first-order chi connectivity index (χ1) is 6.68. The molecule has 5 nitrogen and oxygen atoms in total. The van der Waals surface area contributed by atoms with Crippen LogP contribution in [0.1, 0.15) is 23.1 Å². The van der Waals surface area contributed by atoms with Crippen molar-refractivity contribution in [2.75, 3.05) is 0 Å². The third-order valence-corrected chi connectivity index (χ3v) is 2.20.